The molecular weight excluding hydrogens is 489 g/mol. The van der Waals surface area contributed by atoms with Crippen LogP contribution in [-0.4, -0.2) is 82.3 Å². The number of benzene rings is 1. The zero-order valence-electron chi connectivity index (χ0n) is 18.7. The van der Waals surface area contributed by atoms with Gasteiger partial charge < -0.3 is 20.3 Å². The summed E-state index contributed by atoms with van der Waals surface area (Å²) >= 11 is 0. The minimum Gasteiger partial charge on any atom is -0.381 e. The highest BCUT2D eigenvalue weighted by atomic mass is 127. The average molecular weight is 530 g/mol. The van der Waals surface area contributed by atoms with Gasteiger partial charge in [0.05, 0.1) is 0 Å². The van der Waals surface area contributed by atoms with Crippen molar-refractivity contribution in [1.29, 1.82) is 0 Å². The summed E-state index contributed by atoms with van der Waals surface area (Å²) < 4.78 is 5.68. The molecule has 170 valence electrons. The normalized spacial score (nSPS) is 20.6. The van der Waals surface area contributed by atoms with Crippen molar-refractivity contribution in [3.8, 4) is 0 Å². The van der Waals surface area contributed by atoms with Crippen molar-refractivity contribution in [2.24, 2.45) is 10.9 Å². The molecule has 30 heavy (non-hydrogen) atoms. The molecule has 6 nitrogen and oxygen atoms in total. The predicted octanol–water partition coefficient (Wildman–Crippen LogP) is 2.96. The Morgan fingerprint density at radius 2 is 1.83 bits per heavy atom. The van der Waals surface area contributed by atoms with Crippen LogP contribution >= 0.6 is 24.0 Å². The van der Waals surface area contributed by atoms with Crippen LogP contribution in [0.5, 0.6) is 0 Å². The largest absolute Gasteiger partial charge is 0.381 e. The van der Waals surface area contributed by atoms with Crippen LogP contribution in [0.2, 0.25) is 0 Å². The van der Waals surface area contributed by atoms with Crippen LogP contribution in [-0.2, 0) is 4.74 Å². The first-order valence-corrected chi connectivity index (χ1v) is 11.3. The van der Waals surface area contributed by atoms with E-state index in [9.17, 15) is 0 Å². The summed E-state index contributed by atoms with van der Waals surface area (Å²) in [6, 6.07) is 11.4. The summed E-state index contributed by atoms with van der Waals surface area (Å²) in [5.74, 6) is 1.74. The van der Waals surface area contributed by atoms with Crippen molar-refractivity contribution in [2.45, 2.75) is 31.7 Å². The Balaban J connectivity index is 0.00000320. The first-order chi connectivity index (χ1) is 14.3. The molecule has 3 rings (SSSR count). The third-order valence-electron chi connectivity index (χ3n) is 5.83. The number of guanidine groups is 1. The number of nitrogens with zero attached hydrogens (tertiary/aromatic N) is 3. The van der Waals surface area contributed by atoms with Gasteiger partial charge in [0.1, 0.15) is 0 Å². The van der Waals surface area contributed by atoms with Gasteiger partial charge in [-0.3, -0.25) is 9.89 Å². The van der Waals surface area contributed by atoms with E-state index in [0.717, 1.165) is 77.2 Å². The first kappa shape index (κ1) is 25.4. The molecule has 7 heteroatoms. The van der Waals surface area contributed by atoms with E-state index in [4.69, 9.17) is 4.74 Å². The van der Waals surface area contributed by atoms with E-state index < -0.39 is 0 Å². The Kier molecular flexibility index (Phi) is 12.0. The second kappa shape index (κ2) is 14.2. The van der Waals surface area contributed by atoms with Gasteiger partial charge in [-0.2, -0.15) is 0 Å². The SMILES string of the molecule is CN=C(NCCCOCC1CC1)NCCCN1CCN(C)CC1c1ccccc1.I. The molecule has 1 saturated carbocycles. The lowest BCUT2D eigenvalue weighted by atomic mass is 10.0. The van der Waals surface area contributed by atoms with E-state index >= 15 is 0 Å². The quantitative estimate of drug-likeness (QED) is 0.200. The third kappa shape index (κ3) is 9.08. The number of hydrogen-bond donors (Lipinski definition) is 2. The Bertz CT molecular complexity index is 611. The summed E-state index contributed by atoms with van der Waals surface area (Å²) in [5.41, 5.74) is 1.42. The number of likely N-dealkylation sites (N-methyl/N-ethyl adjacent to an activating group) is 1. The monoisotopic (exact) mass is 529 g/mol. The summed E-state index contributed by atoms with van der Waals surface area (Å²) in [5, 5.41) is 6.84. The van der Waals surface area contributed by atoms with E-state index in [1.54, 1.807) is 0 Å². The lowest BCUT2D eigenvalue weighted by Crippen LogP contribution is -2.47. The average Bonchev–Trinajstić information content (AvgIpc) is 3.58. The van der Waals surface area contributed by atoms with Crippen molar-refractivity contribution in [2.75, 3.05) is 66.6 Å². The molecule has 0 radical (unpaired) electrons. The van der Waals surface area contributed by atoms with E-state index in [-0.39, 0.29) is 24.0 Å². The Morgan fingerprint density at radius 3 is 2.53 bits per heavy atom. The number of rotatable bonds is 11. The van der Waals surface area contributed by atoms with Crippen LogP contribution in [0.25, 0.3) is 0 Å². The number of hydrogen-bond acceptors (Lipinski definition) is 4. The topological polar surface area (TPSA) is 52.1 Å². The molecular formula is C23H40IN5O. The van der Waals surface area contributed by atoms with Gasteiger partial charge in [0.15, 0.2) is 5.96 Å². The van der Waals surface area contributed by atoms with Gasteiger partial charge in [0, 0.05) is 65.6 Å². The maximum Gasteiger partial charge on any atom is 0.190 e. The van der Waals surface area contributed by atoms with Crippen molar-refractivity contribution in [3.63, 3.8) is 0 Å². The number of ether oxygens (including phenoxy) is 1. The molecule has 1 saturated heterocycles. The fourth-order valence-corrected chi connectivity index (χ4v) is 3.84. The lowest BCUT2D eigenvalue weighted by Gasteiger charge is -2.40. The molecule has 0 aromatic heterocycles. The second-order valence-corrected chi connectivity index (χ2v) is 8.38. The molecule has 0 spiro atoms. The number of piperazine rings is 1. The Morgan fingerprint density at radius 1 is 1.10 bits per heavy atom. The molecule has 1 aromatic carbocycles. The lowest BCUT2D eigenvalue weighted by molar-refractivity contribution is 0.0891. The van der Waals surface area contributed by atoms with Crippen LogP contribution in [0.4, 0.5) is 0 Å². The number of halogens is 1. The van der Waals surface area contributed by atoms with Gasteiger partial charge >= 0.3 is 0 Å². The van der Waals surface area contributed by atoms with Crippen molar-refractivity contribution >= 4 is 29.9 Å². The minimum atomic E-state index is 0. The van der Waals surface area contributed by atoms with Gasteiger partial charge in [-0.1, -0.05) is 30.3 Å². The second-order valence-electron chi connectivity index (χ2n) is 8.38. The van der Waals surface area contributed by atoms with Gasteiger partial charge in [-0.05, 0) is 44.2 Å². The molecule has 0 amide bonds. The maximum atomic E-state index is 5.68. The highest BCUT2D eigenvalue weighted by Gasteiger charge is 2.25. The van der Waals surface area contributed by atoms with Crippen LogP contribution in [0.1, 0.15) is 37.3 Å². The molecule has 1 heterocycles. The van der Waals surface area contributed by atoms with E-state index in [1.165, 1.54) is 18.4 Å². The van der Waals surface area contributed by atoms with Gasteiger partial charge in [-0.25, -0.2) is 0 Å². The summed E-state index contributed by atoms with van der Waals surface area (Å²) in [6.45, 7) is 8.10. The van der Waals surface area contributed by atoms with E-state index in [0.29, 0.717) is 6.04 Å². The zero-order valence-corrected chi connectivity index (χ0v) is 21.0. The van der Waals surface area contributed by atoms with Crippen LogP contribution < -0.4 is 10.6 Å². The zero-order chi connectivity index (χ0) is 20.3. The Hall–Kier alpha value is -0.900. The van der Waals surface area contributed by atoms with Gasteiger partial charge in [0.2, 0.25) is 0 Å². The van der Waals surface area contributed by atoms with Crippen molar-refractivity contribution in [3.05, 3.63) is 35.9 Å². The minimum absolute atomic E-state index is 0. The van der Waals surface area contributed by atoms with Crippen LogP contribution in [0.3, 0.4) is 0 Å². The van der Waals surface area contributed by atoms with Gasteiger partial charge in [-0.15, -0.1) is 24.0 Å². The molecule has 0 bridgehead atoms. The standard InChI is InChI=1S/C23H39N5O.HI/c1-24-23(26-13-7-17-29-19-20-10-11-20)25-12-6-14-28-16-15-27(2)18-22(28)21-8-4-3-5-9-21;/h3-5,8-9,20,22H,6-7,10-19H2,1-2H3,(H2,24,25,26);1H. The fourth-order valence-electron chi connectivity index (χ4n) is 3.84. The van der Waals surface area contributed by atoms with E-state index in [1.807, 2.05) is 7.05 Å². The van der Waals surface area contributed by atoms with Crippen molar-refractivity contribution in [1.82, 2.24) is 20.4 Å². The molecule has 1 atom stereocenters. The highest BCUT2D eigenvalue weighted by Crippen LogP contribution is 2.28. The van der Waals surface area contributed by atoms with Crippen LogP contribution in [0.15, 0.2) is 35.3 Å². The first-order valence-electron chi connectivity index (χ1n) is 11.3. The summed E-state index contributed by atoms with van der Waals surface area (Å²) in [4.78, 5) is 9.40. The third-order valence-corrected chi connectivity index (χ3v) is 5.83. The summed E-state index contributed by atoms with van der Waals surface area (Å²) in [6.07, 6.45) is 4.84. The van der Waals surface area contributed by atoms with Gasteiger partial charge in [0.25, 0.3) is 0 Å². The molecule has 1 aliphatic carbocycles. The number of aliphatic imine (C=N–C) groups is 1. The molecule has 1 unspecified atom stereocenters. The fraction of sp³-hybridized carbons (Fsp3) is 0.696. The van der Waals surface area contributed by atoms with Crippen molar-refractivity contribution < 1.29 is 4.74 Å². The van der Waals surface area contributed by atoms with Crippen LogP contribution in [0, 0.1) is 5.92 Å². The molecule has 2 N–H and O–H groups in total. The highest BCUT2D eigenvalue weighted by molar-refractivity contribution is 14.0. The molecule has 2 fully saturated rings. The molecule has 1 aliphatic heterocycles. The van der Waals surface area contributed by atoms with E-state index in [2.05, 4.69) is 62.8 Å². The smallest absolute Gasteiger partial charge is 0.190 e. The molecule has 1 aromatic rings. The number of nitrogens with one attached hydrogen (secondary N) is 2. The Labute approximate surface area is 199 Å². The predicted molar refractivity (Wildman–Crippen MR) is 136 cm³/mol. The maximum absolute atomic E-state index is 5.68. The molecule has 2 aliphatic rings. The summed E-state index contributed by atoms with van der Waals surface area (Å²) in [7, 11) is 4.06.